The summed E-state index contributed by atoms with van der Waals surface area (Å²) in [5.41, 5.74) is 2.12. The number of hydrogen-bond donors (Lipinski definition) is 2. The van der Waals surface area contributed by atoms with Gasteiger partial charge < -0.3 is 9.30 Å². The van der Waals surface area contributed by atoms with Crippen molar-refractivity contribution in [2.45, 2.75) is 30.7 Å². The number of rotatable bonds is 10. The van der Waals surface area contributed by atoms with Crippen LogP contribution in [0, 0.1) is 0 Å². The number of fused-ring (bicyclic) bond motifs is 1. The molecule has 0 saturated heterocycles. The molecule has 4 aromatic rings. The lowest BCUT2D eigenvalue weighted by atomic mass is 10.2. The molecule has 0 saturated carbocycles. The molecule has 1 aromatic heterocycles. The van der Waals surface area contributed by atoms with Crippen LogP contribution in [0.2, 0.25) is 0 Å². The van der Waals surface area contributed by atoms with E-state index in [0.29, 0.717) is 31.8 Å². The summed E-state index contributed by atoms with van der Waals surface area (Å²) >= 11 is 0. The standard InChI is InChI=1S/C26H26N4O5S/c1-35-24(31)16-7-8-17-30-23-15-6-5-14-22(23)27-26(30)28-25(32)19-10-9-11-20(18-19)29-36(33,34)21-12-3-2-4-13-21/h2-6,9-15,18,29H,7-8,16-17H2,1H3,(H,27,28,32). The molecule has 0 spiro atoms. The number of sulfonamides is 1. The predicted octanol–water partition coefficient (Wildman–Crippen LogP) is 4.43. The van der Waals surface area contributed by atoms with Gasteiger partial charge in [-0.3, -0.25) is 19.6 Å². The molecule has 0 aliphatic heterocycles. The summed E-state index contributed by atoms with van der Waals surface area (Å²) in [6, 6.07) is 21.8. The van der Waals surface area contributed by atoms with Crippen LogP contribution < -0.4 is 10.0 Å². The summed E-state index contributed by atoms with van der Waals surface area (Å²) in [7, 11) is -2.43. The molecule has 0 atom stereocenters. The second-order valence-corrected chi connectivity index (χ2v) is 9.74. The number of nitrogens with one attached hydrogen (secondary N) is 2. The Bertz CT molecular complexity index is 1480. The summed E-state index contributed by atoms with van der Waals surface area (Å²) in [5.74, 6) is -0.321. The van der Waals surface area contributed by atoms with Crippen molar-refractivity contribution in [2.75, 3.05) is 17.1 Å². The van der Waals surface area contributed by atoms with Crippen LogP contribution in [0.5, 0.6) is 0 Å². The van der Waals surface area contributed by atoms with E-state index in [9.17, 15) is 18.0 Å². The first-order valence-electron chi connectivity index (χ1n) is 11.4. The molecule has 1 amide bonds. The highest BCUT2D eigenvalue weighted by molar-refractivity contribution is 7.92. The first kappa shape index (κ1) is 24.9. The van der Waals surface area contributed by atoms with Gasteiger partial charge in [-0.05, 0) is 55.3 Å². The zero-order valence-corrected chi connectivity index (χ0v) is 20.5. The molecule has 186 valence electrons. The number of hydrogen-bond acceptors (Lipinski definition) is 6. The number of carbonyl (C=O) groups is 2. The Balaban J connectivity index is 1.52. The zero-order valence-electron chi connectivity index (χ0n) is 19.7. The third-order valence-electron chi connectivity index (χ3n) is 5.55. The summed E-state index contributed by atoms with van der Waals surface area (Å²) in [5, 5.41) is 2.84. The van der Waals surface area contributed by atoms with Gasteiger partial charge in [-0.15, -0.1) is 0 Å². The van der Waals surface area contributed by atoms with Crippen LogP contribution in [0.15, 0.2) is 83.8 Å². The van der Waals surface area contributed by atoms with Crippen LogP contribution in [0.25, 0.3) is 11.0 Å². The number of aromatic nitrogens is 2. The topological polar surface area (TPSA) is 119 Å². The van der Waals surface area contributed by atoms with E-state index in [1.807, 2.05) is 28.8 Å². The summed E-state index contributed by atoms with van der Waals surface area (Å²) < 4.78 is 34.4. The third kappa shape index (κ3) is 5.89. The lowest BCUT2D eigenvalue weighted by Gasteiger charge is -2.12. The molecular weight excluding hydrogens is 480 g/mol. The summed E-state index contributed by atoms with van der Waals surface area (Å²) in [6.45, 7) is 0.546. The molecule has 3 aromatic carbocycles. The van der Waals surface area contributed by atoms with Gasteiger partial charge in [0.25, 0.3) is 15.9 Å². The van der Waals surface area contributed by atoms with Crippen molar-refractivity contribution in [3.63, 3.8) is 0 Å². The molecule has 10 heteroatoms. The van der Waals surface area contributed by atoms with Crippen molar-refractivity contribution in [1.82, 2.24) is 9.55 Å². The molecule has 36 heavy (non-hydrogen) atoms. The van der Waals surface area contributed by atoms with Gasteiger partial charge in [0.15, 0.2) is 0 Å². The molecule has 0 radical (unpaired) electrons. The smallest absolute Gasteiger partial charge is 0.305 e. The predicted molar refractivity (Wildman–Crippen MR) is 137 cm³/mol. The average Bonchev–Trinajstić information content (AvgIpc) is 3.23. The number of ether oxygens (including phenoxy) is 1. The van der Waals surface area contributed by atoms with Crippen LogP contribution in [0.1, 0.15) is 29.6 Å². The molecule has 0 aliphatic rings. The average molecular weight is 507 g/mol. The number of amides is 1. The van der Waals surface area contributed by atoms with Gasteiger partial charge in [-0.2, -0.15) is 0 Å². The van der Waals surface area contributed by atoms with E-state index in [-0.39, 0.29) is 22.1 Å². The number of nitrogens with zero attached hydrogens (tertiary/aromatic N) is 2. The Morgan fingerprint density at radius 2 is 1.69 bits per heavy atom. The van der Waals surface area contributed by atoms with Crippen LogP contribution in [-0.4, -0.2) is 37.0 Å². The molecule has 0 fully saturated rings. The minimum atomic E-state index is -3.79. The maximum Gasteiger partial charge on any atom is 0.305 e. The fourth-order valence-electron chi connectivity index (χ4n) is 3.75. The summed E-state index contributed by atoms with van der Waals surface area (Å²) in [6.07, 6.45) is 1.64. The number of imidazole rings is 1. The number of esters is 1. The number of methoxy groups -OCH3 is 1. The molecular formula is C26H26N4O5S. The zero-order chi connectivity index (χ0) is 25.5. The number of para-hydroxylation sites is 2. The van der Waals surface area contributed by atoms with Gasteiger partial charge in [0.2, 0.25) is 5.95 Å². The SMILES string of the molecule is COC(=O)CCCCn1c(NC(=O)c2cccc(NS(=O)(=O)c3ccccc3)c2)nc2ccccc21. The largest absolute Gasteiger partial charge is 0.469 e. The molecule has 0 unspecified atom stereocenters. The van der Waals surface area contributed by atoms with E-state index in [1.165, 1.54) is 25.3 Å². The van der Waals surface area contributed by atoms with E-state index in [4.69, 9.17) is 4.74 Å². The Morgan fingerprint density at radius 3 is 2.47 bits per heavy atom. The van der Waals surface area contributed by atoms with Gasteiger partial charge in [-0.1, -0.05) is 36.4 Å². The number of unbranched alkanes of at least 4 members (excludes halogenated alkanes) is 1. The van der Waals surface area contributed by atoms with Crippen molar-refractivity contribution in [3.8, 4) is 0 Å². The van der Waals surface area contributed by atoms with E-state index in [2.05, 4.69) is 15.0 Å². The number of aryl methyl sites for hydroxylation is 1. The fraction of sp³-hybridized carbons (Fsp3) is 0.192. The monoisotopic (exact) mass is 506 g/mol. The maximum absolute atomic E-state index is 13.1. The number of anilines is 2. The van der Waals surface area contributed by atoms with E-state index in [0.717, 1.165) is 11.0 Å². The van der Waals surface area contributed by atoms with Gasteiger partial charge in [-0.25, -0.2) is 13.4 Å². The Kier molecular flexibility index (Phi) is 7.65. The highest BCUT2D eigenvalue weighted by atomic mass is 32.2. The van der Waals surface area contributed by atoms with E-state index < -0.39 is 15.9 Å². The lowest BCUT2D eigenvalue weighted by molar-refractivity contribution is -0.140. The van der Waals surface area contributed by atoms with Crippen molar-refractivity contribution in [3.05, 3.63) is 84.4 Å². The molecule has 0 aliphatic carbocycles. The highest BCUT2D eigenvalue weighted by Gasteiger charge is 2.17. The van der Waals surface area contributed by atoms with Crippen molar-refractivity contribution in [1.29, 1.82) is 0 Å². The van der Waals surface area contributed by atoms with Crippen LogP contribution in [-0.2, 0) is 26.1 Å². The van der Waals surface area contributed by atoms with Crippen molar-refractivity contribution in [2.24, 2.45) is 0 Å². The van der Waals surface area contributed by atoms with E-state index >= 15 is 0 Å². The van der Waals surface area contributed by atoms with Gasteiger partial charge in [0.1, 0.15) is 0 Å². The molecule has 4 rings (SSSR count). The molecule has 2 N–H and O–H groups in total. The van der Waals surface area contributed by atoms with Crippen LogP contribution in [0.3, 0.4) is 0 Å². The van der Waals surface area contributed by atoms with E-state index in [1.54, 1.807) is 36.4 Å². The Hall–Kier alpha value is -4.18. The number of carbonyl (C=O) groups excluding carboxylic acids is 2. The van der Waals surface area contributed by atoms with Gasteiger partial charge in [0.05, 0.1) is 23.0 Å². The quantitative estimate of drug-likeness (QED) is 0.243. The molecule has 0 bridgehead atoms. The maximum atomic E-state index is 13.1. The highest BCUT2D eigenvalue weighted by Crippen LogP contribution is 2.22. The third-order valence-corrected chi connectivity index (χ3v) is 6.95. The van der Waals surface area contributed by atoms with Crippen LogP contribution >= 0.6 is 0 Å². The Labute approximate surface area is 209 Å². The minimum Gasteiger partial charge on any atom is -0.469 e. The second-order valence-electron chi connectivity index (χ2n) is 8.06. The van der Waals surface area contributed by atoms with Crippen molar-refractivity contribution >= 4 is 44.6 Å². The first-order valence-corrected chi connectivity index (χ1v) is 12.9. The fourth-order valence-corrected chi connectivity index (χ4v) is 4.82. The summed E-state index contributed by atoms with van der Waals surface area (Å²) in [4.78, 5) is 29.2. The van der Waals surface area contributed by atoms with Gasteiger partial charge in [0, 0.05) is 24.2 Å². The Morgan fingerprint density at radius 1 is 0.944 bits per heavy atom. The minimum absolute atomic E-state index is 0.126. The number of benzene rings is 3. The normalized spacial score (nSPS) is 11.2. The molecule has 9 nitrogen and oxygen atoms in total. The molecule has 1 heterocycles. The van der Waals surface area contributed by atoms with Crippen molar-refractivity contribution < 1.29 is 22.7 Å². The van der Waals surface area contributed by atoms with Crippen LogP contribution in [0.4, 0.5) is 11.6 Å². The van der Waals surface area contributed by atoms with Gasteiger partial charge >= 0.3 is 5.97 Å². The lowest BCUT2D eigenvalue weighted by Crippen LogP contribution is -2.17. The second kappa shape index (κ2) is 11.0. The first-order chi connectivity index (χ1) is 17.4.